The maximum absolute atomic E-state index is 3.82. The molecular weight excluding hydrogens is 624 g/mol. The van der Waals surface area contributed by atoms with Crippen LogP contribution in [0.25, 0.3) is 0 Å². The van der Waals surface area contributed by atoms with Crippen LogP contribution in [0.2, 0.25) is 0 Å². The van der Waals surface area contributed by atoms with E-state index in [2.05, 4.69) is 95.6 Å². The van der Waals surface area contributed by atoms with Crippen molar-refractivity contribution in [3.8, 4) is 0 Å². The molecule has 0 amide bonds. The number of alkyl halides is 6. The minimum atomic E-state index is 0.560. The second kappa shape index (κ2) is 9.81. The molecule has 0 aromatic carbocycles. The average Bonchev–Trinajstić information content (AvgIpc) is 2.36. The predicted molar refractivity (Wildman–Crippen MR) is 104 cm³/mol. The standard InChI is InChI=1S/C12H18Br6/c13-7-1-2-8(14)10(16)5-6-12(18)11(17)4-3-9(7)15/h7-12H,1-6H2. The van der Waals surface area contributed by atoms with Gasteiger partial charge in [-0.05, 0) is 38.5 Å². The lowest BCUT2D eigenvalue weighted by molar-refractivity contribution is 0.557. The molecule has 6 atom stereocenters. The zero-order valence-electron chi connectivity index (χ0n) is 9.97. The Balaban J connectivity index is 2.61. The van der Waals surface area contributed by atoms with Gasteiger partial charge in [-0.1, -0.05) is 95.6 Å². The zero-order valence-corrected chi connectivity index (χ0v) is 19.5. The van der Waals surface area contributed by atoms with Gasteiger partial charge in [-0.25, -0.2) is 0 Å². The Morgan fingerprint density at radius 2 is 0.444 bits per heavy atom. The molecule has 108 valence electrons. The summed E-state index contributed by atoms with van der Waals surface area (Å²) in [6.45, 7) is 0. The minimum Gasteiger partial charge on any atom is -0.0879 e. The quantitative estimate of drug-likeness (QED) is 0.252. The van der Waals surface area contributed by atoms with E-state index in [1.54, 1.807) is 0 Å². The minimum absolute atomic E-state index is 0.560. The van der Waals surface area contributed by atoms with Crippen molar-refractivity contribution >= 4 is 95.6 Å². The maximum Gasteiger partial charge on any atom is 0.0271 e. The van der Waals surface area contributed by atoms with Crippen LogP contribution in [-0.4, -0.2) is 29.0 Å². The molecule has 18 heavy (non-hydrogen) atoms. The SMILES string of the molecule is BrC1CCC(Br)C(Br)CCC(Br)C(Br)CCC1Br. The van der Waals surface area contributed by atoms with E-state index in [9.17, 15) is 0 Å². The lowest BCUT2D eigenvalue weighted by Crippen LogP contribution is -2.25. The van der Waals surface area contributed by atoms with E-state index in [0.29, 0.717) is 29.0 Å². The summed E-state index contributed by atoms with van der Waals surface area (Å²) in [7, 11) is 0. The molecule has 0 bridgehead atoms. The van der Waals surface area contributed by atoms with E-state index in [0.717, 1.165) is 0 Å². The average molecular weight is 642 g/mol. The van der Waals surface area contributed by atoms with Crippen LogP contribution in [0.4, 0.5) is 0 Å². The summed E-state index contributed by atoms with van der Waals surface area (Å²) in [6.07, 6.45) is 7.24. The van der Waals surface area contributed by atoms with Crippen LogP contribution in [0, 0.1) is 0 Å². The molecule has 6 unspecified atom stereocenters. The lowest BCUT2D eigenvalue weighted by atomic mass is 10.0. The van der Waals surface area contributed by atoms with Crippen LogP contribution in [0.5, 0.6) is 0 Å². The Labute approximate surface area is 161 Å². The first-order chi connectivity index (χ1) is 8.41. The van der Waals surface area contributed by atoms with Crippen LogP contribution in [0.3, 0.4) is 0 Å². The molecule has 0 spiro atoms. The van der Waals surface area contributed by atoms with Crippen molar-refractivity contribution in [2.75, 3.05) is 0 Å². The smallest absolute Gasteiger partial charge is 0.0271 e. The molecule has 0 nitrogen and oxygen atoms in total. The molecule has 1 rings (SSSR count). The third kappa shape index (κ3) is 6.76. The lowest BCUT2D eigenvalue weighted by Gasteiger charge is -2.25. The summed E-state index contributed by atoms with van der Waals surface area (Å²) < 4.78 is 0. The van der Waals surface area contributed by atoms with Gasteiger partial charge >= 0.3 is 0 Å². The highest BCUT2D eigenvalue weighted by atomic mass is 79.9. The first kappa shape index (κ1) is 18.9. The van der Waals surface area contributed by atoms with E-state index in [1.807, 2.05) is 0 Å². The summed E-state index contributed by atoms with van der Waals surface area (Å²) in [5, 5.41) is 0. The number of halogens is 6. The van der Waals surface area contributed by atoms with Crippen LogP contribution >= 0.6 is 95.6 Å². The van der Waals surface area contributed by atoms with Gasteiger partial charge in [0.15, 0.2) is 0 Å². The summed E-state index contributed by atoms with van der Waals surface area (Å²) in [4.78, 5) is 3.36. The predicted octanol–water partition coefficient (Wildman–Crippen LogP) is 6.92. The fourth-order valence-corrected chi connectivity index (χ4v) is 5.21. The van der Waals surface area contributed by atoms with Gasteiger partial charge in [0.2, 0.25) is 0 Å². The van der Waals surface area contributed by atoms with E-state index in [-0.39, 0.29) is 0 Å². The van der Waals surface area contributed by atoms with Crippen LogP contribution < -0.4 is 0 Å². The molecular formula is C12H18Br6. The van der Waals surface area contributed by atoms with Gasteiger partial charge in [0.1, 0.15) is 0 Å². The zero-order chi connectivity index (χ0) is 13.7. The highest BCUT2D eigenvalue weighted by molar-refractivity contribution is 9.13. The van der Waals surface area contributed by atoms with Gasteiger partial charge in [0.05, 0.1) is 0 Å². The molecule has 0 saturated heterocycles. The summed E-state index contributed by atoms with van der Waals surface area (Å²) >= 11 is 22.9. The molecule has 0 aromatic heterocycles. The molecule has 0 aliphatic heterocycles. The third-order valence-corrected chi connectivity index (χ3v) is 12.0. The van der Waals surface area contributed by atoms with E-state index >= 15 is 0 Å². The Morgan fingerprint density at radius 3 is 0.556 bits per heavy atom. The van der Waals surface area contributed by atoms with Crippen LogP contribution in [-0.2, 0) is 0 Å². The Bertz CT molecular complexity index is 175. The van der Waals surface area contributed by atoms with Gasteiger partial charge in [0.25, 0.3) is 0 Å². The maximum atomic E-state index is 3.82. The molecule has 0 N–H and O–H groups in total. The first-order valence-corrected chi connectivity index (χ1v) is 11.8. The fourth-order valence-electron chi connectivity index (χ4n) is 2.04. The van der Waals surface area contributed by atoms with E-state index < -0.39 is 0 Å². The number of hydrogen-bond donors (Lipinski definition) is 0. The second-order valence-electron chi connectivity index (χ2n) is 4.83. The Hall–Kier alpha value is 2.88. The fraction of sp³-hybridized carbons (Fsp3) is 1.00. The molecule has 0 radical (unpaired) electrons. The van der Waals surface area contributed by atoms with Crippen molar-refractivity contribution in [2.45, 2.75) is 67.5 Å². The topological polar surface area (TPSA) is 0 Å². The first-order valence-electron chi connectivity index (χ1n) is 6.26. The van der Waals surface area contributed by atoms with E-state index in [4.69, 9.17) is 0 Å². The van der Waals surface area contributed by atoms with Crippen LogP contribution in [0.1, 0.15) is 38.5 Å². The largest absolute Gasteiger partial charge is 0.0879 e. The molecule has 1 fully saturated rings. The Kier molecular flexibility index (Phi) is 10.3. The van der Waals surface area contributed by atoms with Crippen molar-refractivity contribution in [1.29, 1.82) is 0 Å². The molecule has 0 aromatic rings. The van der Waals surface area contributed by atoms with Gasteiger partial charge in [-0.15, -0.1) is 0 Å². The van der Waals surface area contributed by atoms with Crippen molar-refractivity contribution < 1.29 is 0 Å². The number of hydrogen-bond acceptors (Lipinski definition) is 0. The molecule has 1 aliphatic carbocycles. The van der Waals surface area contributed by atoms with Crippen molar-refractivity contribution in [1.82, 2.24) is 0 Å². The molecule has 1 aliphatic rings. The number of rotatable bonds is 0. The van der Waals surface area contributed by atoms with Gasteiger partial charge in [0, 0.05) is 29.0 Å². The highest BCUT2D eigenvalue weighted by Gasteiger charge is 2.25. The Morgan fingerprint density at radius 1 is 0.333 bits per heavy atom. The normalized spacial score (nSPS) is 45.0. The monoisotopic (exact) mass is 636 g/mol. The second-order valence-corrected chi connectivity index (χ2v) is 11.9. The highest BCUT2D eigenvalue weighted by Crippen LogP contribution is 2.34. The molecule has 0 heterocycles. The van der Waals surface area contributed by atoms with Gasteiger partial charge < -0.3 is 0 Å². The van der Waals surface area contributed by atoms with E-state index in [1.165, 1.54) is 38.5 Å². The van der Waals surface area contributed by atoms with Gasteiger partial charge in [-0.3, -0.25) is 0 Å². The van der Waals surface area contributed by atoms with Crippen molar-refractivity contribution in [2.24, 2.45) is 0 Å². The molecule has 1 saturated carbocycles. The summed E-state index contributed by atoms with van der Waals surface area (Å²) in [5.41, 5.74) is 0. The third-order valence-electron chi connectivity index (χ3n) is 3.33. The van der Waals surface area contributed by atoms with Crippen molar-refractivity contribution in [3.63, 3.8) is 0 Å². The van der Waals surface area contributed by atoms with Crippen molar-refractivity contribution in [3.05, 3.63) is 0 Å². The summed E-state index contributed by atoms with van der Waals surface area (Å²) in [6, 6.07) is 0. The van der Waals surface area contributed by atoms with Crippen LogP contribution in [0.15, 0.2) is 0 Å². The molecule has 6 heteroatoms. The summed E-state index contributed by atoms with van der Waals surface area (Å²) in [5.74, 6) is 0. The van der Waals surface area contributed by atoms with Gasteiger partial charge in [-0.2, -0.15) is 0 Å².